The van der Waals surface area contributed by atoms with Crippen LogP contribution in [0.1, 0.15) is 102 Å². The molecule has 0 aliphatic heterocycles. The van der Waals surface area contributed by atoms with Crippen LogP contribution in [-0.4, -0.2) is 6.61 Å². The maximum atomic E-state index is 14.4. The second-order valence-corrected chi connectivity index (χ2v) is 8.83. The number of halogens is 1. The van der Waals surface area contributed by atoms with Gasteiger partial charge in [-0.3, -0.25) is 0 Å². The number of rotatable bonds is 18. The van der Waals surface area contributed by atoms with Crippen molar-refractivity contribution in [3.8, 4) is 11.5 Å². The summed E-state index contributed by atoms with van der Waals surface area (Å²) in [4.78, 5) is 0. The van der Waals surface area contributed by atoms with Gasteiger partial charge in [0.25, 0.3) is 0 Å². The zero-order chi connectivity index (χ0) is 22.9. The van der Waals surface area contributed by atoms with Gasteiger partial charge in [0.2, 0.25) is 0 Å². The van der Waals surface area contributed by atoms with Gasteiger partial charge in [-0.1, -0.05) is 96.3 Å². The molecule has 0 amide bonds. The molecule has 0 spiro atoms. The molecule has 0 N–H and O–H groups in total. The molecule has 3 heteroatoms. The third-order valence-corrected chi connectivity index (χ3v) is 5.90. The molecule has 0 fully saturated rings. The van der Waals surface area contributed by atoms with E-state index in [1.54, 1.807) is 12.1 Å². The molecule has 0 unspecified atom stereocenters. The first-order valence-electron chi connectivity index (χ1n) is 12.9. The fourth-order valence-corrected chi connectivity index (χ4v) is 3.84. The predicted octanol–water partition coefficient (Wildman–Crippen LogP) is 9.05. The highest BCUT2D eigenvalue weighted by atomic mass is 19.1. The molecule has 2 rings (SSSR count). The summed E-state index contributed by atoms with van der Waals surface area (Å²) in [6, 6.07) is 13.3. The fraction of sp³-hybridized carbons (Fsp3) is 0.586. The Morgan fingerprint density at radius 2 is 1.22 bits per heavy atom. The van der Waals surface area contributed by atoms with Crippen molar-refractivity contribution in [2.45, 2.75) is 104 Å². The quantitative estimate of drug-likeness (QED) is 0.214. The molecule has 0 bridgehead atoms. The Morgan fingerprint density at radius 3 is 1.88 bits per heavy atom. The average molecular weight is 443 g/mol. The summed E-state index contributed by atoms with van der Waals surface area (Å²) in [5.41, 5.74) is 2.06. The summed E-state index contributed by atoms with van der Waals surface area (Å²) in [6.45, 7) is 5.58. The molecule has 0 atom stereocenters. The van der Waals surface area contributed by atoms with Crippen LogP contribution in [0.4, 0.5) is 4.39 Å². The van der Waals surface area contributed by atoms with Crippen LogP contribution in [0.2, 0.25) is 0 Å². The molecule has 0 aliphatic carbocycles. The summed E-state index contributed by atoms with van der Waals surface area (Å²) >= 11 is 0. The second kappa shape index (κ2) is 16.6. The van der Waals surface area contributed by atoms with E-state index in [0.717, 1.165) is 42.7 Å². The first-order chi connectivity index (χ1) is 15.7. The van der Waals surface area contributed by atoms with Gasteiger partial charge >= 0.3 is 0 Å². The van der Waals surface area contributed by atoms with Gasteiger partial charge in [0.15, 0.2) is 11.6 Å². The monoisotopic (exact) mass is 442 g/mol. The maximum absolute atomic E-state index is 14.4. The number of hydrogen-bond donors (Lipinski definition) is 0. The average Bonchev–Trinajstić information content (AvgIpc) is 2.81. The Bertz CT molecular complexity index is 726. The van der Waals surface area contributed by atoms with Crippen molar-refractivity contribution in [2.24, 2.45) is 0 Å². The lowest BCUT2D eigenvalue weighted by Gasteiger charge is -2.10. The second-order valence-electron chi connectivity index (χ2n) is 8.83. The smallest absolute Gasteiger partial charge is 0.165 e. The molecule has 0 saturated carbocycles. The van der Waals surface area contributed by atoms with Gasteiger partial charge in [0, 0.05) is 0 Å². The Morgan fingerprint density at radius 1 is 0.625 bits per heavy atom. The minimum absolute atomic E-state index is 0.271. The largest absolute Gasteiger partial charge is 0.494 e. The molecule has 2 nitrogen and oxygen atoms in total. The van der Waals surface area contributed by atoms with E-state index in [1.165, 1.54) is 64.2 Å². The Hall–Kier alpha value is -2.03. The van der Waals surface area contributed by atoms with Crippen molar-refractivity contribution in [3.05, 3.63) is 59.4 Å². The van der Waals surface area contributed by atoms with Crippen molar-refractivity contribution in [1.82, 2.24) is 0 Å². The first kappa shape index (κ1) is 26.2. The normalized spacial score (nSPS) is 11.0. The summed E-state index contributed by atoms with van der Waals surface area (Å²) in [5, 5.41) is 0. The highest BCUT2D eigenvalue weighted by Crippen LogP contribution is 2.22. The third kappa shape index (κ3) is 11.0. The number of benzene rings is 2. The lowest BCUT2D eigenvalue weighted by molar-refractivity contribution is 0.288. The Balaban J connectivity index is 1.66. The standard InChI is InChI=1S/C29H43FO2/c1-3-5-7-9-11-13-15-25-18-21-29(28(30)23-25)32-24-26-16-19-27(20-17-26)31-22-14-12-10-8-6-4-2/h16-21,23H,3-15,22,24H2,1-2H3. The van der Waals surface area contributed by atoms with Crippen molar-refractivity contribution in [3.63, 3.8) is 0 Å². The van der Waals surface area contributed by atoms with Crippen LogP contribution in [0.25, 0.3) is 0 Å². The van der Waals surface area contributed by atoms with Gasteiger partial charge in [-0.05, 0) is 54.7 Å². The van der Waals surface area contributed by atoms with Gasteiger partial charge in [-0.15, -0.1) is 0 Å². The number of hydrogen-bond acceptors (Lipinski definition) is 2. The van der Waals surface area contributed by atoms with Crippen molar-refractivity contribution in [1.29, 1.82) is 0 Å². The topological polar surface area (TPSA) is 18.5 Å². The zero-order valence-electron chi connectivity index (χ0n) is 20.3. The molecule has 2 aromatic carbocycles. The Labute approximate surface area is 195 Å². The summed E-state index contributed by atoms with van der Waals surface area (Å²) in [6.07, 6.45) is 16.0. The van der Waals surface area contributed by atoms with E-state index in [1.807, 2.05) is 30.3 Å². The van der Waals surface area contributed by atoms with Gasteiger partial charge in [-0.25, -0.2) is 4.39 Å². The number of unbranched alkanes of at least 4 members (excludes halogenated alkanes) is 10. The van der Waals surface area contributed by atoms with Crippen molar-refractivity contribution >= 4 is 0 Å². The number of ether oxygens (including phenoxy) is 2. The van der Waals surface area contributed by atoms with Gasteiger partial charge in [0.05, 0.1) is 6.61 Å². The van der Waals surface area contributed by atoms with Crippen molar-refractivity contribution < 1.29 is 13.9 Å². The summed E-state index contributed by atoms with van der Waals surface area (Å²) < 4.78 is 26.0. The molecule has 2 aromatic rings. The van der Waals surface area contributed by atoms with Crippen LogP contribution in [0.3, 0.4) is 0 Å². The molecule has 178 valence electrons. The van der Waals surface area contributed by atoms with Gasteiger partial charge in [0.1, 0.15) is 12.4 Å². The molecular formula is C29H43FO2. The Kier molecular flexibility index (Phi) is 13.6. The summed E-state index contributed by atoms with van der Waals surface area (Å²) in [5.74, 6) is 0.931. The molecule has 0 saturated heterocycles. The minimum atomic E-state index is -0.271. The highest BCUT2D eigenvalue weighted by molar-refractivity contribution is 5.31. The molecule has 0 aliphatic rings. The van der Waals surface area contributed by atoms with E-state index >= 15 is 0 Å². The third-order valence-electron chi connectivity index (χ3n) is 5.90. The van der Waals surface area contributed by atoms with Crippen LogP contribution >= 0.6 is 0 Å². The van der Waals surface area contributed by atoms with Crippen molar-refractivity contribution in [2.75, 3.05) is 6.61 Å². The van der Waals surface area contributed by atoms with E-state index in [0.29, 0.717) is 12.4 Å². The predicted molar refractivity (Wildman–Crippen MR) is 133 cm³/mol. The number of aryl methyl sites for hydroxylation is 1. The van der Waals surface area contributed by atoms with E-state index < -0.39 is 0 Å². The fourth-order valence-electron chi connectivity index (χ4n) is 3.84. The maximum Gasteiger partial charge on any atom is 0.165 e. The van der Waals surface area contributed by atoms with Crippen LogP contribution in [-0.2, 0) is 13.0 Å². The van der Waals surface area contributed by atoms with Gasteiger partial charge in [-0.2, -0.15) is 0 Å². The van der Waals surface area contributed by atoms with Crippen LogP contribution in [0, 0.1) is 5.82 Å². The lowest BCUT2D eigenvalue weighted by Crippen LogP contribution is -2.00. The van der Waals surface area contributed by atoms with Gasteiger partial charge < -0.3 is 9.47 Å². The van der Waals surface area contributed by atoms with Crippen LogP contribution in [0.5, 0.6) is 11.5 Å². The SMILES string of the molecule is CCCCCCCCOc1ccc(COc2ccc(CCCCCCCC)cc2F)cc1. The van der Waals surface area contributed by atoms with E-state index in [-0.39, 0.29) is 5.82 Å². The lowest BCUT2D eigenvalue weighted by atomic mass is 10.0. The molecule has 0 aromatic heterocycles. The van der Waals surface area contributed by atoms with E-state index in [9.17, 15) is 4.39 Å². The molecule has 32 heavy (non-hydrogen) atoms. The zero-order valence-corrected chi connectivity index (χ0v) is 20.3. The van der Waals surface area contributed by atoms with E-state index in [2.05, 4.69) is 13.8 Å². The summed E-state index contributed by atoms with van der Waals surface area (Å²) in [7, 11) is 0. The highest BCUT2D eigenvalue weighted by Gasteiger charge is 2.06. The molecule has 0 heterocycles. The first-order valence-corrected chi connectivity index (χ1v) is 12.9. The van der Waals surface area contributed by atoms with Crippen LogP contribution in [0.15, 0.2) is 42.5 Å². The molecule has 0 radical (unpaired) electrons. The van der Waals surface area contributed by atoms with E-state index in [4.69, 9.17) is 9.47 Å². The minimum Gasteiger partial charge on any atom is -0.494 e. The molecular weight excluding hydrogens is 399 g/mol. The van der Waals surface area contributed by atoms with Crippen LogP contribution < -0.4 is 9.47 Å².